The summed E-state index contributed by atoms with van der Waals surface area (Å²) in [5, 5.41) is 8.22. The van der Waals surface area contributed by atoms with Gasteiger partial charge in [-0.05, 0) is 30.8 Å². The minimum absolute atomic E-state index is 0.0162. The Labute approximate surface area is 164 Å². The fraction of sp³-hybridized carbons (Fsp3) is 0.474. The van der Waals surface area contributed by atoms with Gasteiger partial charge in [0.05, 0.1) is 6.42 Å². The van der Waals surface area contributed by atoms with Crippen LogP contribution in [0.25, 0.3) is 0 Å². The van der Waals surface area contributed by atoms with Crippen molar-refractivity contribution in [2.24, 2.45) is 4.99 Å². The molecule has 1 saturated heterocycles. The van der Waals surface area contributed by atoms with E-state index < -0.39 is 6.04 Å². The van der Waals surface area contributed by atoms with E-state index in [2.05, 4.69) is 37.7 Å². The number of nitrogens with zero attached hydrogens (tertiary/aromatic N) is 3. The number of likely N-dealkylation sites (N-methyl/N-ethyl adjacent to an activating group) is 1. The Kier molecular flexibility index (Phi) is 6.25. The molecule has 0 aromatic heterocycles. The number of nitrogens with one attached hydrogen (secondary N) is 3. The van der Waals surface area contributed by atoms with Gasteiger partial charge in [0, 0.05) is 44.5 Å². The Bertz CT molecular complexity index is 768. The topological polar surface area (TPSA) is 106 Å². The summed E-state index contributed by atoms with van der Waals surface area (Å²) in [6.07, 6.45) is -0.0162. The first-order chi connectivity index (χ1) is 13.4. The Morgan fingerprint density at radius 2 is 1.71 bits per heavy atom. The summed E-state index contributed by atoms with van der Waals surface area (Å²) >= 11 is 0. The van der Waals surface area contributed by atoms with E-state index in [4.69, 9.17) is 0 Å². The molecule has 1 fully saturated rings. The standard InChI is InChI=1S/C19H26N6O3/c1-3-24-8-10-25(11-9-24)19-22-16(18(28)23-19)12-17(27)21-15-6-4-14(5-7-15)20-13(2)26/h4-7,16H,3,8-12H2,1-2H3,(H,20,26)(H,21,27)(H,22,23,28). The summed E-state index contributed by atoms with van der Waals surface area (Å²) in [7, 11) is 0. The van der Waals surface area contributed by atoms with Gasteiger partial charge in [-0.25, -0.2) is 4.99 Å². The molecule has 0 bridgehead atoms. The number of piperazine rings is 1. The van der Waals surface area contributed by atoms with Crippen molar-refractivity contribution in [3.63, 3.8) is 0 Å². The van der Waals surface area contributed by atoms with E-state index in [9.17, 15) is 14.4 Å². The van der Waals surface area contributed by atoms with Crippen LogP contribution in [0.4, 0.5) is 11.4 Å². The largest absolute Gasteiger partial charge is 0.340 e. The van der Waals surface area contributed by atoms with E-state index in [0.717, 1.165) is 32.7 Å². The highest BCUT2D eigenvalue weighted by atomic mass is 16.2. The first-order valence-electron chi connectivity index (χ1n) is 9.48. The molecule has 2 aliphatic rings. The number of carbonyl (C=O) groups is 3. The Hall–Kier alpha value is -2.94. The number of guanidine groups is 1. The van der Waals surface area contributed by atoms with Gasteiger partial charge >= 0.3 is 0 Å². The zero-order valence-electron chi connectivity index (χ0n) is 16.2. The van der Waals surface area contributed by atoms with E-state index in [1.54, 1.807) is 24.3 Å². The van der Waals surface area contributed by atoms with Gasteiger partial charge < -0.3 is 20.4 Å². The summed E-state index contributed by atoms with van der Waals surface area (Å²) in [5.74, 6) is -0.121. The predicted octanol–water partition coefficient (Wildman–Crippen LogP) is 0.466. The highest BCUT2D eigenvalue weighted by Crippen LogP contribution is 2.15. The van der Waals surface area contributed by atoms with Gasteiger partial charge in [-0.1, -0.05) is 6.92 Å². The molecule has 3 amide bonds. The molecule has 1 aromatic rings. The molecule has 2 aliphatic heterocycles. The fourth-order valence-electron chi connectivity index (χ4n) is 3.23. The number of benzene rings is 1. The van der Waals surface area contributed by atoms with Crippen LogP contribution in [0.3, 0.4) is 0 Å². The second-order valence-corrected chi connectivity index (χ2v) is 6.89. The lowest BCUT2D eigenvalue weighted by Crippen LogP contribution is -2.51. The maximum Gasteiger partial charge on any atom is 0.252 e. The number of amides is 3. The maximum atomic E-state index is 12.3. The van der Waals surface area contributed by atoms with Crippen molar-refractivity contribution in [3.05, 3.63) is 24.3 Å². The van der Waals surface area contributed by atoms with Crippen molar-refractivity contribution in [2.45, 2.75) is 26.3 Å². The minimum atomic E-state index is -0.710. The fourth-order valence-corrected chi connectivity index (χ4v) is 3.23. The molecule has 9 heteroatoms. The quantitative estimate of drug-likeness (QED) is 0.682. The van der Waals surface area contributed by atoms with E-state index in [1.807, 2.05) is 0 Å². The van der Waals surface area contributed by atoms with Crippen LogP contribution < -0.4 is 16.0 Å². The first-order valence-corrected chi connectivity index (χ1v) is 9.48. The molecule has 3 rings (SSSR count). The lowest BCUT2D eigenvalue weighted by atomic mass is 10.2. The number of anilines is 2. The normalized spacial score (nSPS) is 19.8. The SMILES string of the molecule is CCN1CCN(C2=NC(CC(=O)Nc3ccc(NC(C)=O)cc3)C(=O)N2)CC1. The number of aliphatic imine (C=N–C) groups is 1. The van der Waals surface area contributed by atoms with Crippen LogP contribution in [0.1, 0.15) is 20.3 Å². The highest BCUT2D eigenvalue weighted by molar-refractivity contribution is 6.07. The van der Waals surface area contributed by atoms with E-state index in [1.165, 1.54) is 6.92 Å². The van der Waals surface area contributed by atoms with Crippen LogP contribution >= 0.6 is 0 Å². The lowest BCUT2D eigenvalue weighted by Gasteiger charge is -2.34. The smallest absolute Gasteiger partial charge is 0.252 e. The predicted molar refractivity (Wildman–Crippen MR) is 107 cm³/mol. The molecule has 1 unspecified atom stereocenters. The summed E-state index contributed by atoms with van der Waals surface area (Å²) in [4.78, 5) is 44.4. The molecule has 0 spiro atoms. The Balaban J connectivity index is 1.53. The van der Waals surface area contributed by atoms with Gasteiger partial charge in [0.25, 0.3) is 5.91 Å². The maximum absolute atomic E-state index is 12.3. The minimum Gasteiger partial charge on any atom is -0.340 e. The average molecular weight is 386 g/mol. The molecule has 28 heavy (non-hydrogen) atoms. The van der Waals surface area contributed by atoms with Gasteiger partial charge in [-0.15, -0.1) is 0 Å². The van der Waals surface area contributed by atoms with Gasteiger partial charge in [-0.2, -0.15) is 0 Å². The molecular weight excluding hydrogens is 360 g/mol. The Morgan fingerprint density at radius 1 is 1.11 bits per heavy atom. The van der Waals surface area contributed by atoms with Crippen LogP contribution in [0.15, 0.2) is 29.3 Å². The van der Waals surface area contributed by atoms with Gasteiger partial charge in [0.2, 0.25) is 17.8 Å². The van der Waals surface area contributed by atoms with Crippen molar-refractivity contribution in [3.8, 4) is 0 Å². The molecule has 3 N–H and O–H groups in total. The summed E-state index contributed by atoms with van der Waals surface area (Å²) < 4.78 is 0. The molecule has 1 atom stereocenters. The van der Waals surface area contributed by atoms with Crippen molar-refractivity contribution in [1.29, 1.82) is 0 Å². The molecular formula is C19H26N6O3. The Morgan fingerprint density at radius 3 is 2.29 bits per heavy atom. The molecule has 2 heterocycles. The van der Waals surface area contributed by atoms with Gasteiger partial charge in [-0.3, -0.25) is 19.7 Å². The highest BCUT2D eigenvalue weighted by Gasteiger charge is 2.32. The summed E-state index contributed by atoms with van der Waals surface area (Å²) in [6.45, 7) is 8.07. The van der Waals surface area contributed by atoms with Gasteiger partial charge in [0.15, 0.2) is 0 Å². The second kappa shape index (κ2) is 8.83. The molecule has 0 saturated carbocycles. The van der Waals surface area contributed by atoms with E-state index in [-0.39, 0.29) is 24.1 Å². The lowest BCUT2D eigenvalue weighted by molar-refractivity contribution is -0.124. The molecule has 150 valence electrons. The van der Waals surface area contributed by atoms with Crippen molar-refractivity contribution >= 4 is 35.1 Å². The van der Waals surface area contributed by atoms with Crippen LogP contribution in [-0.2, 0) is 14.4 Å². The number of carbonyl (C=O) groups excluding carboxylic acids is 3. The molecule has 1 aromatic carbocycles. The van der Waals surface area contributed by atoms with Crippen molar-refractivity contribution in [1.82, 2.24) is 15.1 Å². The van der Waals surface area contributed by atoms with Crippen LogP contribution in [0, 0.1) is 0 Å². The molecule has 9 nitrogen and oxygen atoms in total. The molecule has 0 radical (unpaired) electrons. The number of hydrogen-bond acceptors (Lipinski definition) is 6. The summed E-state index contributed by atoms with van der Waals surface area (Å²) in [5.41, 5.74) is 1.25. The van der Waals surface area contributed by atoms with E-state index in [0.29, 0.717) is 17.3 Å². The van der Waals surface area contributed by atoms with Crippen molar-refractivity contribution < 1.29 is 14.4 Å². The van der Waals surface area contributed by atoms with Crippen molar-refractivity contribution in [2.75, 3.05) is 43.4 Å². The molecule has 0 aliphatic carbocycles. The monoisotopic (exact) mass is 386 g/mol. The number of rotatable bonds is 5. The first kappa shape index (κ1) is 19.8. The average Bonchev–Trinajstić information content (AvgIpc) is 3.03. The summed E-state index contributed by atoms with van der Waals surface area (Å²) in [6, 6.07) is 6.08. The van der Waals surface area contributed by atoms with Crippen LogP contribution in [0.2, 0.25) is 0 Å². The van der Waals surface area contributed by atoms with Gasteiger partial charge in [0.1, 0.15) is 6.04 Å². The van der Waals surface area contributed by atoms with Crippen LogP contribution in [0.5, 0.6) is 0 Å². The van der Waals surface area contributed by atoms with Crippen LogP contribution in [-0.4, -0.2) is 72.2 Å². The zero-order valence-corrected chi connectivity index (χ0v) is 16.2. The zero-order chi connectivity index (χ0) is 20.1. The second-order valence-electron chi connectivity index (χ2n) is 6.89. The third kappa shape index (κ3) is 5.07. The third-order valence-corrected chi connectivity index (χ3v) is 4.80. The van der Waals surface area contributed by atoms with E-state index >= 15 is 0 Å². The third-order valence-electron chi connectivity index (χ3n) is 4.80. The number of hydrogen-bond donors (Lipinski definition) is 3.